The van der Waals surface area contributed by atoms with Crippen molar-refractivity contribution in [1.29, 1.82) is 0 Å². The molecule has 18 heavy (non-hydrogen) atoms. The molecule has 1 atom stereocenters. The van der Waals surface area contributed by atoms with E-state index < -0.39 is 5.60 Å². The summed E-state index contributed by atoms with van der Waals surface area (Å²) in [6.07, 6.45) is 3.57. The number of aromatic nitrogens is 1. The van der Waals surface area contributed by atoms with Gasteiger partial charge in [-0.25, -0.2) is 0 Å². The summed E-state index contributed by atoms with van der Waals surface area (Å²) in [5, 5.41) is 3.15. The van der Waals surface area contributed by atoms with Crippen molar-refractivity contribution >= 4 is 5.97 Å². The van der Waals surface area contributed by atoms with Crippen LogP contribution < -0.4 is 5.32 Å². The Morgan fingerprint density at radius 1 is 1.50 bits per heavy atom. The molecule has 1 unspecified atom stereocenters. The van der Waals surface area contributed by atoms with Gasteiger partial charge in [0.2, 0.25) is 0 Å². The Kier molecular flexibility index (Phi) is 4.84. The van der Waals surface area contributed by atoms with Crippen LogP contribution in [0.5, 0.6) is 0 Å². The maximum absolute atomic E-state index is 11.8. The van der Waals surface area contributed by atoms with Crippen molar-refractivity contribution in [2.24, 2.45) is 0 Å². The molecule has 4 heteroatoms. The van der Waals surface area contributed by atoms with Gasteiger partial charge < -0.3 is 10.1 Å². The van der Waals surface area contributed by atoms with E-state index >= 15 is 0 Å². The van der Waals surface area contributed by atoms with Gasteiger partial charge in [-0.3, -0.25) is 9.78 Å². The second-order valence-corrected chi connectivity index (χ2v) is 5.44. The first kappa shape index (κ1) is 14.6. The standard InChI is InChI=1S/C14H22N2O2/c1-10-6-7-15-8-12(10)9-16-11(2)13(17)18-14(3,4)5/h6-8,11,16H,9H2,1-5H3. The average molecular weight is 250 g/mol. The summed E-state index contributed by atoms with van der Waals surface area (Å²) >= 11 is 0. The first-order valence-corrected chi connectivity index (χ1v) is 6.15. The van der Waals surface area contributed by atoms with Gasteiger partial charge in [-0.05, 0) is 51.8 Å². The maximum Gasteiger partial charge on any atom is 0.323 e. The van der Waals surface area contributed by atoms with Crippen LogP contribution in [0, 0.1) is 6.92 Å². The van der Waals surface area contributed by atoms with E-state index in [0.29, 0.717) is 6.54 Å². The molecule has 0 aliphatic rings. The number of carbonyl (C=O) groups excluding carboxylic acids is 1. The number of pyridine rings is 1. The number of ether oxygens (including phenoxy) is 1. The molecule has 0 amide bonds. The van der Waals surface area contributed by atoms with Crippen molar-refractivity contribution in [3.63, 3.8) is 0 Å². The van der Waals surface area contributed by atoms with Crippen molar-refractivity contribution in [3.05, 3.63) is 29.6 Å². The van der Waals surface area contributed by atoms with Gasteiger partial charge in [0.25, 0.3) is 0 Å². The highest BCUT2D eigenvalue weighted by atomic mass is 16.6. The van der Waals surface area contributed by atoms with Crippen LogP contribution in [0.4, 0.5) is 0 Å². The molecule has 1 rings (SSSR count). The highest BCUT2D eigenvalue weighted by molar-refractivity contribution is 5.75. The highest BCUT2D eigenvalue weighted by Crippen LogP contribution is 2.09. The minimum Gasteiger partial charge on any atom is -0.459 e. The molecular formula is C14H22N2O2. The third kappa shape index (κ3) is 4.84. The van der Waals surface area contributed by atoms with E-state index in [0.717, 1.165) is 11.1 Å². The second-order valence-electron chi connectivity index (χ2n) is 5.44. The van der Waals surface area contributed by atoms with Crippen molar-refractivity contribution in [3.8, 4) is 0 Å². The van der Waals surface area contributed by atoms with E-state index in [1.807, 2.05) is 40.0 Å². The van der Waals surface area contributed by atoms with Crippen molar-refractivity contribution in [2.75, 3.05) is 0 Å². The summed E-state index contributed by atoms with van der Waals surface area (Å²) in [5.74, 6) is -0.232. The van der Waals surface area contributed by atoms with Gasteiger partial charge in [-0.15, -0.1) is 0 Å². The fraction of sp³-hybridized carbons (Fsp3) is 0.571. The second kappa shape index (κ2) is 5.96. The van der Waals surface area contributed by atoms with E-state index in [4.69, 9.17) is 4.74 Å². The van der Waals surface area contributed by atoms with E-state index in [2.05, 4.69) is 10.3 Å². The third-order valence-corrected chi connectivity index (χ3v) is 2.51. The Labute approximate surface area is 109 Å². The molecule has 0 saturated carbocycles. The summed E-state index contributed by atoms with van der Waals surface area (Å²) in [5.41, 5.74) is 1.80. The van der Waals surface area contributed by atoms with Crippen molar-refractivity contribution < 1.29 is 9.53 Å². The SMILES string of the molecule is Cc1ccncc1CNC(C)C(=O)OC(C)(C)C. The molecule has 1 N–H and O–H groups in total. The fourth-order valence-electron chi connectivity index (χ4n) is 1.42. The summed E-state index contributed by atoms with van der Waals surface area (Å²) in [6, 6.07) is 1.62. The molecule has 0 bridgehead atoms. The first-order chi connectivity index (χ1) is 8.29. The molecule has 1 aromatic rings. The van der Waals surface area contributed by atoms with Crippen LogP contribution >= 0.6 is 0 Å². The highest BCUT2D eigenvalue weighted by Gasteiger charge is 2.21. The fourth-order valence-corrected chi connectivity index (χ4v) is 1.42. The van der Waals surface area contributed by atoms with E-state index in [1.165, 1.54) is 0 Å². The number of nitrogens with one attached hydrogen (secondary N) is 1. The van der Waals surface area contributed by atoms with Gasteiger partial charge in [0, 0.05) is 18.9 Å². The molecular weight excluding hydrogens is 228 g/mol. The number of esters is 1. The number of hydrogen-bond donors (Lipinski definition) is 1. The Balaban J connectivity index is 2.49. The average Bonchev–Trinajstić information content (AvgIpc) is 2.25. The van der Waals surface area contributed by atoms with E-state index in [1.54, 1.807) is 13.1 Å². The predicted octanol–water partition coefficient (Wildman–Crippen LogP) is 2.21. The Bertz CT molecular complexity index is 411. The lowest BCUT2D eigenvalue weighted by molar-refractivity contribution is -0.157. The summed E-state index contributed by atoms with van der Waals surface area (Å²) in [6.45, 7) is 10.0. The molecule has 0 spiro atoms. The lowest BCUT2D eigenvalue weighted by Gasteiger charge is -2.22. The first-order valence-electron chi connectivity index (χ1n) is 6.15. The zero-order valence-corrected chi connectivity index (χ0v) is 11.8. The third-order valence-electron chi connectivity index (χ3n) is 2.51. The normalized spacial score (nSPS) is 13.2. The quantitative estimate of drug-likeness (QED) is 0.832. The monoisotopic (exact) mass is 250 g/mol. The molecule has 0 radical (unpaired) electrons. The zero-order chi connectivity index (χ0) is 13.8. The van der Waals surface area contributed by atoms with Gasteiger partial charge in [0.1, 0.15) is 11.6 Å². The van der Waals surface area contributed by atoms with E-state index in [-0.39, 0.29) is 12.0 Å². The van der Waals surface area contributed by atoms with Gasteiger partial charge in [0.15, 0.2) is 0 Å². The van der Waals surface area contributed by atoms with Crippen LogP contribution in [0.25, 0.3) is 0 Å². The lowest BCUT2D eigenvalue weighted by atomic mass is 10.1. The summed E-state index contributed by atoms with van der Waals surface area (Å²) < 4.78 is 5.30. The number of hydrogen-bond acceptors (Lipinski definition) is 4. The number of nitrogens with zero attached hydrogens (tertiary/aromatic N) is 1. The van der Waals surface area contributed by atoms with Gasteiger partial charge in [-0.2, -0.15) is 0 Å². The molecule has 0 aliphatic heterocycles. The number of rotatable bonds is 4. The van der Waals surface area contributed by atoms with Gasteiger partial charge in [0.05, 0.1) is 0 Å². The predicted molar refractivity (Wildman–Crippen MR) is 71.1 cm³/mol. The Hall–Kier alpha value is -1.42. The van der Waals surface area contributed by atoms with Crippen LogP contribution in [0.2, 0.25) is 0 Å². The van der Waals surface area contributed by atoms with E-state index in [9.17, 15) is 4.79 Å². The topological polar surface area (TPSA) is 51.2 Å². The molecule has 0 aromatic carbocycles. The number of aryl methyl sites for hydroxylation is 1. The van der Waals surface area contributed by atoms with Crippen molar-refractivity contribution in [2.45, 2.75) is 52.8 Å². The van der Waals surface area contributed by atoms with Gasteiger partial charge >= 0.3 is 5.97 Å². The molecule has 0 fully saturated rings. The molecule has 0 aliphatic carbocycles. The molecule has 4 nitrogen and oxygen atoms in total. The Morgan fingerprint density at radius 3 is 2.72 bits per heavy atom. The lowest BCUT2D eigenvalue weighted by Crippen LogP contribution is -2.38. The molecule has 1 aromatic heterocycles. The van der Waals surface area contributed by atoms with Crippen LogP contribution in [0.15, 0.2) is 18.5 Å². The molecule has 1 heterocycles. The maximum atomic E-state index is 11.8. The molecule has 100 valence electrons. The van der Waals surface area contributed by atoms with Crippen LogP contribution in [-0.2, 0) is 16.1 Å². The largest absolute Gasteiger partial charge is 0.459 e. The Morgan fingerprint density at radius 2 is 2.17 bits per heavy atom. The van der Waals surface area contributed by atoms with Crippen molar-refractivity contribution in [1.82, 2.24) is 10.3 Å². The minimum absolute atomic E-state index is 0.232. The smallest absolute Gasteiger partial charge is 0.323 e. The van der Waals surface area contributed by atoms with Crippen LogP contribution in [0.1, 0.15) is 38.8 Å². The minimum atomic E-state index is -0.447. The van der Waals surface area contributed by atoms with Crippen LogP contribution in [-0.4, -0.2) is 22.6 Å². The van der Waals surface area contributed by atoms with Crippen LogP contribution in [0.3, 0.4) is 0 Å². The summed E-state index contributed by atoms with van der Waals surface area (Å²) in [7, 11) is 0. The number of carbonyl (C=O) groups is 1. The zero-order valence-electron chi connectivity index (χ0n) is 11.8. The summed E-state index contributed by atoms with van der Waals surface area (Å²) in [4.78, 5) is 15.8. The molecule has 0 saturated heterocycles. The van der Waals surface area contributed by atoms with Gasteiger partial charge in [-0.1, -0.05) is 0 Å².